The topological polar surface area (TPSA) is 29.9 Å². The number of hydrogen-bond donors (Lipinski definition) is 1. The molecule has 3 nitrogen and oxygen atoms in total. The van der Waals surface area contributed by atoms with Crippen molar-refractivity contribution in [2.75, 3.05) is 5.32 Å². The number of hydrogen-bond acceptors (Lipinski definition) is 2. The van der Waals surface area contributed by atoms with Gasteiger partial charge in [0.25, 0.3) is 0 Å². The van der Waals surface area contributed by atoms with E-state index in [9.17, 15) is 0 Å². The molecule has 1 aromatic heterocycles. The van der Waals surface area contributed by atoms with E-state index < -0.39 is 0 Å². The number of nitrogens with one attached hydrogen (secondary N) is 1. The van der Waals surface area contributed by atoms with Crippen LogP contribution in [0.4, 0.5) is 11.6 Å². The average Bonchev–Trinajstić information content (AvgIpc) is 2.65. The van der Waals surface area contributed by atoms with Gasteiger partial charge in [-0.15, -0.1) is 0 Å². The summed E-state index contributed by atoms with van der Waals surface area (Å²) in [5, 5.41) is 3.39. The van der Waals surface area contributed by atoms with Gasteiger partial charge >= 0.3 is 0 Å². The zero-order valence-electron chi connectivity index (χ0n) is 11.8. The second-order valence-corrected chi connectivity index (χ2v) is 5.13. The number of anilines is 2. The Morgan fingerprint density at radius 3 is 2.44 bits per heavy atom. The van der Waals surface area contributed by atoms with E-state index in [1.54, 1.807) is 0 Å². The molecule has 96 valence electrons. The summed E-state index contributed by atoms with van der Waals surface area (Å²) in [5.41, 5.74) is 4.73. The first-order valence-electron chi connectivity index (χ1n) is 6.37. The predicted molar refractivity (Wildman–Crippen MR) is 76.5 cm³/mol. The van der Waals surface area contributed by atoms with Crippen molar-refractivity contribution in [2.45, 2.75) is 40.7 Å². The van der Waals surface area contributed by atoms with Gasteiger partial charge < -0.3 is 9.88 Å². The second-order valence-electron chi connectivity index (χ2n) is 5.13. The van der Waals surface area contributed by atoms with Crippen LogP contribution in [0.3, 0.4) is 0 Å². The fourth-order valence-corrected chi connectivity index (χ4v) is 1.95. The van der Waals surface area contributed by atoms with Gasteiger partial charge in [0.2, 0.25) is 5.95 Å². The Morgan fingerprint density at radius 2 is 1.83 bits per heavy atom. The van der Waals surface area contributed by atoms with E-state index in [4.69, 9.17) is 0 Å². The molecule has 0 bridgehead atoms. The van der Waals surface area contributed by atoms with E-state index in [-0.39, 0.29) is 0 Å². The van der Waals surface area contributed by atoms with E-state index in [0.717, 1.165) is 17.3 Å². The van der Waals surface area contributed by atoms with Crippen molar-refractivity contribution in [3.8, 4) is 0 Å². The molecule has 18 heavy (non-hydrogen) atoms. The molecule has 0 atom stereocenters. The Hall–Kier alpha value is -1.77. The van der Waals surface area contributed by atoms with Crippen LogP contribution in [0.2, 0.25) is 0 Å². The highest BCUT2D eigenvalue weighted by molar-refractivity contribution is 5.56. The predicted octanol–water partition coefficient (Wildman–Crippen LogP) is 4.13. The number of benzene rings is 1. The Kier molecular flexibility index (Phi) is 3.41. The molecule has 0 fully saturated rings. The summed E-state index contributed by atoms with van der Waals surface area (Å²) in [6.45, 7) is 10.6. The van der Waals surface area contributed by atoms with Gasteiger partial charge in [-0.25, -0.2) is 4.98 Å². The van der Waals surface area contributed by atoms with Crippen LogP contribution in [0.25, 0.3) is 0 Å². The van der Waals surface area contributed by atoms with Crippen LogP contribution in [0, 0.1) is 20.8 Å². The minimum atomic E-state index is 0.403. The zero-order chi connectivity index (χ0) is 13.3. The minimum Gasteiger partial charge on any atom is -0.326 e. The van der Waals surface area contributed by atoms with Gasteiger partial charge in [0.1, 0.15) is 0 Å². The van der Waals surface area contributed by atoms with Gasteiger partial charge in [-0.05, 0) is 57.9 Å². The van der Waals surface area contributed by atoms with Crippen molar-refractivity contribution in [1.82, 2.24) is 9.55 Å². The quantitative estimate of drug-likeness (QED) is 0.878. The summed E-state index contributed by atoms with van der Waals surface area (Å²) in [7, 11) is 0. The Bertz CT molecular complexity index is 553. The minimum absolute atomic E-state index is 0.403. The molecule has 0 aliphatic heterocycles. The van der Waals surface area contributed by atoms with Gasteiger partial charge in [-0.1, -0.05) is 6.07 Å². The molecule has 1 heterocycles. The van der Waals surface area contributed by atoms with Crippen molar-refractivity contribution in [1.29, 1.82) is 0 Å². The normalized spacial score (nSPS) is 11.0. The van der Waals surface area contributed by atoms with E-state index in [2.05, 4.69) is 67.0 Å². The van der Waals surface area contributed by atoms with Gasteiger partial charge in [0.15, 0.2) is 0 Å². The highest BCUT2D eigenvalue weighted by Gasteiger charge is 2.08. The van der Waals surface area contributed by atoms with E-state index in [0.29, 0.717) is 6.04 Å². The molecule has 1 N–H and O–H groups in total. The van der Waals surface area contributed by atoms with Crippen molar-refractivity contribution in [2.24, 2.45) is 0 Å². The zero-order valence-corrected chi connectivity index (χ0v) is 11.8. The third-order valence-electron chi connectivity index (χ3n) is 3.17. The fraction of sp³-hybridized carbons (Fsp3) is 0.400. The lowest BCUT2D eigenvalue weighted by molar-refractivity contribution is 0.607. The highest BCUT2D eigenvalue weighted by Crippen LogP contribution is 2.21. The molecule has 0 spiro atoms. The van der Waals surface area contributed by atoms with Crippen LogP contribution in [-0.4, -0.2) is 9.55 Å². The molecular formula is C15H21N3. The molecule has 0 saturated heterocycles. The number of nitrogens with zero attached hydrogens (tertiary/aromatic N) is 2. The van der Waals surface area contributed by atoms with Crippen LogP contribution in [0.15, 0.2) is 24.4 Å². The number of aryl methyl sites for hydroxylation is 3. The summed E-state index contributed by atoms with van der Waals surface area (Å²) in [5.74, 6) is 0.908. The summed E-state index contributed by atoms with van der Waals surface area (Å²) in [6, 6.07) is 6.79. The second kappa shape index (κ2) is 4.84. The first-order chi connectivity index (χ1) is 8.47. The molecule has 0 unspecified atom stereocenters. The maximum atomic E-state index is 4.53. The monoisotopic (exact) mass is 243 g/mol. The lowest BCUT2D eigenvalue weighted by Gasteiger charge is -2.13. The van der Waals surface area contributed by atoms with Gasteiger partial charge in [0.05, 0.1) is 5.69 Å². The van der Waals surface area contributed by atoms with Crippen molar-refractivity contribution >= 4 is 11.6 Å². The molecule has 2 rings (SSSR count). The third-order valence-corrected chi connectivity index (χ3v) is 3.17. The summed E-state index contributed by atoms with van der Waals surface area (Å²) in [6.07, 6.45) is 2.08. The van der Waals surface area contributed by atoms with Crippen LogP contribution < -0.4 is 5.32 Å². The van der Waals surface area contributed by atoms with Crippen LogP contribution in [0.1, 0.15) is 36.7 Å². The molecule has 1 aromatic carbocycles. The highest BCUT2D eigenvalue weighted by atomic mass is 15.2. The largest absolute Gasteiger partial charge is 0.326 e. The van der Waals surface area contributed by atoms with Crippen LogP contribution in [0.5, 0.6) is 0 Å². The molecule has 0 aliphatic carbocycles. The number of rotatable bonds is 3. The van der Waals surface area contributed by atoms with Crippen molar-refractivity contribution in [3.63, 3.8) is 0 Å². The van der Waals surface area contributed by atoms with E-state index in [1.807, 2.05) is 6.92 Å². The fourth-order valence-electron chi connectivity index (χ4n) is 1.95. The lowest BCUT2D eigenvalue weighted by Crippen LogP contribution is -2.05. The molecular weight excluding hydrogens is 222 g/mol. The first kappa shape index (κ1) is 12.7. The Balaban J connectivity index is 2.30. The van der Waals surface area contributed by atoms with Gasteiger partial charge in [-0.2, -0.15) is 0 Å². The Morgan fingerprint density at radius 1 is 1.11 bits per heavy atom. The van der Waals surface area contributed by atoms with E-state index in [1.165, 1.54) is 11.1 Å². The molecule has 0 saturated carbocycles. The maximum absolute atomic E-state index is 4.53. The molecule has 0 aliphatic rings. The van der Waals surface area contributed by atoms with Crippen LogP contribution in [-0.2, 0) is 0 Å². The van der Waals surface area contributed by atoms with Crippen molar-refractivity contribution < 1.29 is 0 Å². The third kappa shape index (κ3) is 2.55. The molecule has 3 heteroatoms. The average molecular weight is 243 g/mol. The van der Waals surface area contributed by atoms with E-state index >= 15 is 0 Å². The molecule has 0 amide bonds. The number of imidazole rings is 1. The summed E-state index contributed by atoms with van der Waals surface area (Å²) in [4.78, 5) is 4.53. The first-order valence-corrected chi connectivity index (χ1v) is 6.37. The SMILES string of the molecule is Cc1cn(C(C)C)c(Nc2ccc(C)c(C)c2)n1. The standard InChI is InChI=1S/C15H21N3/c1-10(2)18-9-13(5)16-15(18)17-14-7-6-11(3)12(4)8-14/h6-10H,1-5H3,(H,16,17). The molecule has 0 radical (unpaired) electrons. The number of aromatic nitrogens is 2. The maximum Gasteiger partial charge on any atom is 0.207 e. The van der Waals surface area contributed by atoms with Gasteiger partial charge in [-0.3, -0.25) is 0 Å². The summed E-state index contributed by atoms with van der Waals surface area (Å²) >= 11 is 0. The Labute approximate surface area is 109 Å². The van der Waals surface area contributed by atoms with Crippen molar-refractivity contribution in [3.05, 3.63) is 41.2 Å². The molecule has 2 aromatic rings. The lowest BCUT2D eigenvalue weighted by atomic mass is 10.1. The van der Waals surface area contributed by atoms with Gasteiger partial charge in [0, 0.05) is 17.9 Å². The smallest absolute Gasteiger partial charge is 0.207 e. The summed E-state index contributed by atoms with van der Waals surface area (Å²) < 4.78 is 2.16. The van der Waals surface area contributed by atoms with Crippen LogP contribution >= 0.6 is 0 Å².